The number of hydrogen-bond acceptors (Lipinski definition) is 3. The zero-order valence-electron chi connectivity index (χ0n) is 16.7. The molecule has 1 aromatic rings. The predicted octanol–water partition coefficient (Wildman–Crippen LogP) is 4.83. The molecule has 0 saturated heterocycles. The zero-order valence-corrected chi connectivity index (χ0v) is 16.7. The van der Waals surface area contributed by atoms with Crippen LogP contribution in [0.1, 0.15) is 62.5 Å². The summed E-state index contributed by atoms with van der Waals surface area (Å²) in [6, 6.07) is 5.94. The molecule has 1 amide bonds. The Bertz CT molecular complexity index is 801. The average molecular weight is 389 g/mol. The molecule has 0 aliphatic heterocycles. The van der Waals surface area contributed by atoms with Crippen molar-refractivity contribution in [2.75, 3.05) is 12.4 Å². The highest BCUT2D eigenvalue weighted by Gasteiger charge is 2.46. The van der Waals surface area contributed by atoms with Crippen LogP contribution in [0.25, 0.3) is 0 Å². The molecule has 0 spiro atoms. The first-order valence-electron chi connectivity index (χ1n) is 9.99. The molecule has 0 heterocycles. The van der Waals surface area contributed by atoms with Crippen LogP contribution >= 0.6 is 0 Å². The highest BCUT2D eigenvalue weighted by molar-refractivity contribution is 6.18. The lowest BCUT2D eigenvalue weighted by molar-refractivity contribution is -0.112. The normalized spacial score (nSPS) is 24.2. The lowest BCUT2D eigenvalue weighted by Crippen LogP contribution is -2.23. The maximum atomic E-state index is 13.0. The fraction of sp³-hybridized carbons (Fsp3) is 0.545. The molecule has 152 valence electrons. The number of aliphatic imine (C=N–C) groups is 1. The highest BCUT2D eigenvalue weighted by atomic mass is 19.3. The number of nitrogens with one attached hydrogen (secondary N) is 1. The second kappa shape index (κ2) is 8.41. The summed E-state index contributed by atoms with van der Waals surface area (Å²) in [5.41, 5.74) is 7.61. The Morgan fingerprint density at radius 1 is 1.32 bits per heavy atom. The summed E-state index contributed by atoms with van der Waals surface area (Å²) in [6.45, 7) is 4.48. The third kappa shape index (κ3) is 3.82. The predicted molar refractivity (Wildman–Crippen MR) is 109 cm³/mol. The molecule has 2 aliphatic carbocycles. The summed E-state index contributed by atoms with van der Waals surface area (Å²) in [4.78, 5) is 16.4. The second-order valence-electron chi connectivity index (χ2n) is 8.24. The number of amides is 1. The van der Waals surface area contributed by atoms with E-state index in [2.05, 4.69) is 30.2 Å². The monoisotopic (exact) mass is 389 g/mol. The fourth-order valence-corrected chi connectivity index (χ4v) is 4.87. The molecule has 0 aromatic heterocycles. The first-order chi connectivity index (χ1) is 13.3. The minimum absolute atomic E-state index is 0.283. The maximum Gasteiger partial charge on any atom is 0.278 e. The molecule has 3 N–H and O–H groups in total. The van der Waals surface area contributed by atoms with Crippen LogP contribution in [0.4, 0.5) is 14.5 Å². The quantitative estimate of drug-likeness (QED) is 0.518. The van der Waals surface area contributed by atoms with Gasteiger partial charge in [0.1, 0.15) is 0 Å². The minimum atomic E-state index is -2.91. The third-order valence-corrected chi connectivity index (χ3v) is 6.11. The van der Waals surface area contributed by atoms with Crippen LogP contribution < -0.4 is 11.1 Å². The van der Waals surface area contributed by atoms with Crippen molar-refractivity contribution in [3.8, 4) is 0 Å². The molecular weight excluding hydrogens is 360 g/mol. The highest BCUT2D eigenvalue weighted by Crippen LogP contribution is 2.60. The second-order valence-corrected chi connectivity index (χ2v) is 8.24. The topological polar surface area (TPSA) is 67.5 Å². The summed E-state index contributed by atoms with van der Waals surface area (Å²) in [6.07, 6.45) is 2.86. The summed E-state index contributed by atoms with van der Waals surface area (Å²) < 4.78 is 26.0. The first-order valence-corrected chi connectivity index (χ1v) is 9.99. The Kier molecular flexibility index (Phi) is 6.16. The van der Waals surface area contributed by atoms with Crippen LogP contribution in [-0.4, -0.2) is 25.6 Å². The van der Waals surface area contributed by atoms with Crippen molar-refractivity contribution in [1.29, 1.82) is 0 Å². The van der Waals surface area contributed by atoms with Crippen LogP contribution in [0.15, 0.2) is 34.5 Å². The van der Waals surface area contributed by atoms with E-state index in [9.17, 15) is 13.6 Å². The lowest BCUT2D eigenvalue weighted by Gasteiger charge is -2.20. The molecule has 2 bridgehead atoms. The van der Waals surface area contributed by atoms with Gasteiger partial charge in [-0.3, -0.25) is 9.79 Å². The van der Waals surface area contributed by atoms with E-state index in [4.69, 9.17) is 5.73 Å². The number of fused-ring (bicyclic) bond motifs is 5. The van der Waals surface area contributed by atoms with Crippen molar-refractivity contribution < 1.29 is 13.6 Å². The number of nitrogens with two attached hydrogens (primary N) is 1. The number of alkyl halides is 2. The van der Waals surface area contributed by atoms with E-state index in [0.29, 0.717) is 29.4 Å². The van der Waals surface area contributed by atoms with E-state index in [1.165, 1.54) is 37.4 Å². The average Bonchev–Trinajstić information content (AvgIpc) is 3.20. The number of hydrogen-bond donors (Lipinski definition) is 2. The fourth-order valence-electron chi connectivity index (χ4n) is 4.87. The number of allylic oxidation sites excluding steroid dienone is 1. The van der Waals surface area contributed by atoms with Gasteiger partial charge in [0, 0.05) is 18.9 Å². The lowest BCUT2D eigenvalue weighted by atomic mass is 9.88. The van der Waals surface area contributed by atoms with Gasteiger partial charge >= 0.3 is 0 Å². The van der Waals surface area contributed by atoms with E-state index >= 15 is 0 Å². The van der Waals surface area contributed by atoms with Gasteiger partial charge in [-0.05, 0) is 60.1 Å². The molecule has 6 heteroatoms. The molecular formula is C22H29F2N3O. The number of rotatable bonds is 7. The maximum absolute atomic E-state index is 13.0. The minimum Gasteiger partial charge on any atom is -0.397 e. The van der Waals surface area contributed by atoms with Crippen molar-refractivity contribution in [1.82, 2.24) is 0 Å². The number of benzene rings is 1. The van der Waals surface area contributed by atoms with Crippen LogP contribution in [0.2, 0.25) is 0 Å². The van der Waals surface area contributed by atoms with E-state index in [-0.39, 0.29) is 5.57 Å². The molecule has 28 heavy (non-hydrogen) atoms. The van der Waals surface area contributed by atoms with Gasteiger partial charge in [-0.2, -0.15) is 0 Å². The molecule has 0 radical (unpaired) electrons. The van der Waals surface area contributed by atoms with E-state index < -0.39 is 18.0 Å². The van der Waals surface area contributed by atoms with Crippen molar-refractivity contribution in [3.63, 3.8) is 0 Å². The molecule has 2 aliphatic rings. The summed E-state index contributed by atoms with van der Waals surface area (Å²) in [5.74, 6) is 1.59. The molecule has 4 nitrogen and oxygen atoms in total. The first kappa shape index (κ1) is 20.5. The smallest absolute Gasteiger partial charge is 0.278 e. The van der Waals surface area contributed by atoms with Crippen molar-refractivity contribution in [2.24, 2.45) is 22.6 Å². The zero-order chi connectivity index (χ0) is 20.4. The largest absolute Gasteiger partial charge is 0.397 e. The Morgan fingerprint density at radius 3 is 2.68 bits per heavy atom. The molecule has 3 atom stereocenters. The van der Waals surface area contributed by atoms with Crippen molar-refractivity contribution in [2.45, 2.75) is 57.8 Å². The van der Waals surface area contributed by atoms with Gasteiger partial charge in [0.05, 0.1) is 11.3 Å². The van der Waals surface area contributed by atoms with Gasteiger partial charge in [0.2, 0.25) is 0 Å². The van der Waals surface area contributed by atoms with Crippen LogP contribution in [0, 0.1) is 11.8 Å². The van der Waals surface area contributed by atoms with Crippen LogP contribution in [0.3, 0.4) is 0 Å². The van der Waals surface area contributed by atoms with E-state index in [1.54, 1.807) is 0 Å². The summed E-state index contributed by atoms with van der Waals surface area (Å²) >= 11 is 0. The summed E-state index contributed by atoms with van der Waals surface area (Å²) in [7, 11) is 1.42. The Labute approximate surface area is 165 Å². The van der Waals surface area contributed by atoms with E-state index in [1.807, 2.05) is 12.1 Å². The molecule has 3 rings (SSSR count). The molecule has 1 aromatic carbocycles. The molecule has 1 fully saturated rings. The van der Waals surface area contributed by atoms with Gasteiger partial charge in [-0.15, -0.1) is 0 Å². The van der Waals surface area contributed by atoms with Crippen molar-refractivity contribution in [3.05, 3.63) is 40.6 Å². The van der Waals surface area contributed by atoms with Gasteiger partial charge in [0.25, 0.3) is 12.3 Å². The van der Waals surface area contributed by atoms with Crippen LogP contribution in [-0.2, 0) is 4.79 Å². The Hall–Kier alpha value is -2.24. The third-order valence-electron chi connectivity index (χ3n) is 6.11. The van der Waals surface area contributed by atoms with Crippen LogP contribution in [0.5, 0.6) is 0 Å². The molecule has 1 saturated carbocycles. The molecule has 3 unspecified atom stereocenters. The van der Waals surface area contributed by atoms with Gasteiger partial charge in [-0.1, -0.05) is 32.4 Å². The van der Waals surface area contributed by atoms with Gasteiger partial charge in [-0.25, -0.2) is 8.78 Å². The number of halogens is 2. The SMILES string of the molecule is CN=CC(C(=O)Nc1cccc2c1C1CCC2C1CCC(C)C)=C(N)C(F)F. The Balaban J connectivity index is 1.88. The number of carbonyl (C=O) groups excluding carboxylic acids is 1. The van der Waals surface area contributed by atoms with Gasteiger partial charge < -0.3 is 11.1 Å². The number of nitrogens with zero attached hydrogens (tertiary/aromatic N) is 1. The summed E-state index contributed by atoms with van der Waals surface area (Å²) in [5, 5.41) is 2.83. The number of anilines is 1. The van der Waals surface area contributed by atoms with E-state index in [0.717, 1.165) is 12.6 Å². The van der Waals surface area contributed by atoms with Crippen molar-refractivity contribution >= 4 is 17.8 Å². The standard InChI is InChI=1S/C22H29F2N3O/c1-12(2)7-8-13-14-9-10-16(13)19-15(14)5-4-6-18(19)27-22(28)17(11-26-3)20(25)21(23)24/h4-6,11-14,16,21H,7-10,25H2,1-3H3,(H,27,28). The van der Waals surface area contributed by atoms with Gasteiger partial charge in [0.15, 0.2) is 0 Å². The number of carbonyl (C=O) groups is 1. The Morgan fingerprint density at radius 2 is 2.04 bits per heavy atom.